The van der Waals surface area contributed by atoms with Gasteiger partial charge < -0.3 is 8.94 Å². The summed E-state index contributed by atoms with van der Waals surface area (Å²) < 4.78 is 60.9. The fraction of sp³-hybridized carbons (Fsp3) is 0.125. The lowest BCUT2D eigenvalue weighted by atomic mass is 9.96. The summed E-state index contributed by atoms with van der Waals surface area (Å²) >= 11 is 5.88. The van der Waals surface area contributed by atoms with Crippen molar-refractivity contribution < 1.29 is 36.5 Å². The van der Waals surface area contributed by atoms with Crippen molar-refractivity contribution in [2.75, 3.05) is 0 Å². The van der Waals surface area contributed by atoms with E-state index < -0.39 is 31.7 Å². The molecule has 154 valence electrons. The maximum Gasteiger partial charge on any atom is 0.524 e. The first-order valence-corrected chi connectivity index (χ1v) is 9.63. The standard InChI is InChI=1S/C16H11ClF3N2O6P/c17-11-2-4-13(28-29(24,25)26)10(7-11)6-9-5-8(14-21-22-15(23)27-14)1-3-12(9)16(18,19)20/h1-5,7H,6H2,(H,22,23)(H2,24,25,26). The molecule has 0 aliphatic rings. The number of benzene rings is 2. The second kappa shape index (κ2) is 7.68. The minimum atomic E-state index is -4.96. The quantitative estimate of drug-likeness (QED) is 0.505. The van der Waals surface area contributed by atoms with E-state index in [2.05, 4.69) is 9.62 Å². The van der Waals surface area contributed by atoms with Gasteiger partial charge in [-0.3, -0.25) is 9.79 Å². The fourth-order valence-corrected chi connectivity index (χ4v) is 3.24. The maximum atomic E-state index is 13.5. The molecule has 13 heteroatoms. The molecule has 29 heavy (non-hydrogen) atoms. The van der Waals surface area contributed by atoms with Crippen molar-refractivity contribution >= 4 is 19.4 Å². The number of aromatic amines is 1. The Labute approximate surface area is 165 Å². The highest BCUT2D eigenvalue weighted by atomic mass is 35.5. The zero-order valence-corrected chi connectivity index (χ0v) is 15.8. The molecule has 2 aromatic carbocycles. The van der Waals surface area contributed by atoms with Crippen LogP contribution < -0.4 is 10.3 Å². The number of nitrogens with one attached hydrogen (secondary N) is 1. The molecular formula is C16H11ClF3N2O6P. The van der Waals surface area contributed by atoms with Crippen LogP contribution in [-0.2, 0) is 17.2 Å². The van der Waals surface area contributed by atoms with Gasteiger partial charge in [-0.15, -0.1) is 5.10 Å². The molecule has 0 fully saturated rings. The number of rotatable bonds is 5. The van der Waals surface area contributed by atoms with Crippen molar-refractivity contribution in [3.8, 4) is 17.2 Å². The third-order valence-corrected chi connectivity index (χ3v) is 4.39. The first-order chi connectivity index (χ1) is 13.4. The molecule has 1 aromatic heterocycles. The van der Waals surface area contributed by atoms with Crippen LogP contribution in [0, 0.1) is 0 Å². The Bertz CT molecular complexity index is 1150. The predicted octanol–water partition coefficient (Wildman–Crippen LogP) is 3.76. The first kappa shape index (κ1) is 21.1. The van der Waals surface area contributed by atoms with Gasteiger partial charge in [-0.1, -0.05) is 11.6 Å². The maximum absolute atomic E-state index is 13.5. The molecule has 0 aliphatic heterocycles. The lowest BCUT2D eigenvalue weighted by Gasteiger charge is -2.16. The van der Waals surface area contributed by atoms with Gasteiger partial charge in [-0.05, 0) is 42.0 Å². The van der Waals surface area contributed by atoms with Crippen LogP contribution >= 0.6 is 19.4 Å². The zero-order valence-electron chi connectivity index (χ0n) is 14.1. The topological polar surface area (TPSA) is 126 Å². The van der Waals surface area contributed by atoms with Crippen molar-refractivity contribution in [2.24, 2.45) is 0 Å². The number of halogens is 4. The van der Waals surface area contributed by atoms with Gasteiger partial charge in [0, 0.05) is 22.6 Å². The van der Waals surface area contributed by atoms with Crippen molar-refractivity contribution in [1.82, 2.24) is 10.2 Å². The summed E-state index contributed by atoms with van der Waals surface area (Å²) in [6, 6.07) is 6.61. The summed E-state index contributed by atoms with van der Waals surface area (Å²) in [5, 5.41) is 5.70. The van der Waals surface area contributed by atoms with Gasteiger partial charge in [-0.25, -0.2) is 14.5 Å². The summed E-state index contributed by atoms with van der Waals surface area (Å²) in [6.07, 6.45) is -5.16. The number of phosphoric acid groups is 1. The fourth-order valence-electron chi connectivity index (χ4n) is 2.61. The van der Waals surface area contributed by atoms with Crippen LogP contribution in [0.5, 0.6) is 5.75 Å². The minimum Gasteiger partial charge on any atom is -0.404 e. The van der Waals surface area contributed by atoms with E-state index in [1.807, 2.05) is 5.10 Å². The monoisotopic (exact) mass is 450 g/mol. The van der Waals surface area contributed by atoms with Gasteiger partial charge in [0.25, 0.3) is 0 Å². The van der Waals surface area contributed by atoms with Crippen LogP contribution in [0.2, 0.25) is 5.02 Å². The Morgan fingerprint density at radius 2 is 1.90 bits per heavy atom. The largest absolute Gasteiger partial charge is 0.524 e. The average molecular weight is 451 g/mol. The Morgan fingerprint density at radius 1 is 1.17 bits per heavy atom. The molecule has 0 saturated carbocycles. The van der Waals surface area contributed by atoms with E-state index in [1.54, 1.807) is 0 Å². The molecule has 0 bridgehead atoms. The molecule has 0 amide bonds. The summed E-state index contributed by atoms with van der Waals surface area (Å²) in [4.78, 5) is 29.2. The number of hydrogen-bond donors (Lipinski definition) is 3. The summed E-state index contributed by atoms with van der Waals surface area (Å²) in [7, 11) is -4.96. The second-order valence-corrected chi connectivity index (χ2v) is 7.40. The van der Waals surface area contributed by atoms with Gasteiger partial charge in [0.15, 0.2) is 0 Å². The molecule has 0 unspecified atom stereocenters. The molecule has 0 saturated heterocycles. The van der Waals surface area contributed by atoms with E-state index >= 15 is 0 Å². The Hall–Kier alpha value is -2.59. The number of hydrogen-bond acceptors (Lipinski definition) is 5. The molecule has 3 N–H and O–H groups in total. The molecule has 0 aliphatic carbocycles. The van der Waals surface area contributed by atoms with Gasteiger partial charge in [0.1, 0.15) is 5.75 Å². The molecule has 3 rings (SSSR count). The Kier molecular flexibility index (Phi) is 5.59. The lowest BCUT2D eigenvalue weighted by molar-refractivity contribution is -0.138. The van der Waals surface area contributed by atoms with Crippen LogP contribution in [0.15, 0.2) is 45.6 Å². The van der Waals surface area contributed by atoms with E-state index in [1.165, 1.54) is 12.1 Å². The van der Waals surface area contributed by atoms with E-state index in [0.29, 0.717) is 0 Å². The smallest absolute Gasteiger partial charge is 0.404 e. The minimum absolute atomic E-state index is 0.00644. The van der Waals surface area contributed by atoms with Gasteiger partial charge in [0.05, 0.1) is 5.56 Å². The van der Waals surface area contributed by atoms with Crippen molar-refractivity contribution in [1.29, 1.82) is 0 Å². The lowest BCUT2D eigenvalue weighted by Crippen LogP contribution is -2.10. The second-order valence-electron chi connectivity index (χ2n) is 5.80. The highest BCUT2D eigenvalue weighted by Crippen LogP contribution is 2.41. The summed E-state index contributed by atoms with van der Waals surface area (Å²) in [5.74, 6) is -1.43. The molecule has 3 aromatic rings. The molecule has 0 radical (unpaired) electrons. The van der Waals surface area contributed by atoms with Crippen LogP contribution in [0.4, 0.5) is 13.2 Å². The van der Waals surface area contributed by atoms with E-state index in [9.17, 15) is 22.5 Å². The van der Waals surface area contributed by atoms with Crippen molar-refractivity contribution in [3.05, 3.63) is 68.7 Å². The third-order valence-electron chi connectivity index (χ3n) is 3.72. The Balaban J connectivity index is 2.11. The first-order valence-electron chi connectivity index (χ1n) is 7.72. The highest BCUT2D eigenvalue weighted by Gasteiger charge is 2.34. The summed E-state index contributed by atoms with van der Waals surface area (Å²) in [6.45, 7) is 0. The van der Waals surface area contributed by atoms with Crippen LogP contribution in [-0.4, -0.2) is 20.0 Å². The SMILES string of the molecule is O=c1[nH]nc(-c2ccc(C(F)(F)F)c(Cc3cc(Cl)ccc3OP(=O)(O)O)c2)o1. The van der Waals surface area contributed by atoms with E-state index in [0.717, 1.165) is 24.3 Å². The van der Waals surface area contributed by atoms with Crippen LogP contribution in [0.1, 0.15) is 16.7 Å². The van der Waals surface area contributed by atoms with Crippen LogP contribution in [0.3, 0.4) is 0 Å². The number of phosphoric ester groups is 1. The molecule has 8 nitrogen and oxygen atoms in total. The van der Waals surface area contributed by atoms with E-state index in [4.69, 9.17) is 25.8 Å². The van der Waals surface area contributed by atoms with Crippen LogP contribution in [0.25, 0.3) is 11.5 Å². The molecular weight excluding hydrogens is 440 g/mol. The van der Waals surface area contributed by atoms with Crippen molar-refractivity contribution in [2.45, 2.75) is 12.6 Å². The predicted molar refractivity (Wildman–Crippen MR) is 94.5 cm³/mol. The highest BCUT2D eigenvalue weighted by molar-refractivity contribution is 7.46. The number of alkyl halides is 3. The normalized spacial score (nSPS) is 12.2. The molecule has 1 heterocycles. The number of nitrogens with zero attached hydrogens (tertiary/aromatic N) is 1. The number of aromatic nitrogens is 2. The zero-order chi connectivity index (χ0) is 21.4. The molecule has 0 atom stereocenters. The van der Waals surface area contributed by atoms with Gasteiger partial charge in [0.2, 0.25) is 5.89 Å². The summed E-state index contributed by atoms with van der Waals surface area (Å²) in [5.41, 5.74) is -1.18. The molecule has 0 spiro atoms. The Morgan fingerprint density at radius 3 is 2.48 bits per heavy atom. The number of H-pyrrole nitrogens is 1. The average Bonchev–Trinajstić information content (AvgIpc) is 3.02. The van der Waals surface area contributed by atoms with E-state index in [-0.39, 0.29) is 33.4 Å². The third kappa shape index (κ3) is 5.27. The van der Waals surface area contributed by atoms with Gasteiger partial charge in [-0.2, -0.15) is 13.2 Å². The van der Waals surface area contributed by atoms with Crippen molar-refractivity contribution in [3.63, 3.8) is 0 Å². The van der Waals surface area contributed by atoms with Gasteiger partial charge >= 0.3 is 19.8 Å².